The quantitative estimate of drug-likeness (QED) is 0.863. The number of nitrogens with zero attached hydrogens (tertiary/aromatic N) is 1. The van der Waals surface area contributed by atoms with Crippen molar-refractivity contribution in [2.75, 3.05) is 20.2 Å². The Morgan fingerprint density at radius 3 is 2.75 bits per heavy atom. The SMILES string of the molecule is COc1ccc(Br)cc1S(=O)(=O)N1CCC[C@@H](N)C1.Cl. The van der Waals surface area contributed by atoms with E-state index in [4.69, 9.17) is 10.5 Å². The molecule has 0 aliphatic carbocycles. The van der Waals surface area contributed by atoms with Gasteiger partial charge in [-0.1, -0.05) is 15.9 Å². The van der Waals surface area contributed by atoms with Crippen LogP contribution in [0, 0.1) is 0 Å². The highest BCUT2D eigenvalue weighted by molar-refractivity contribution is 9.10. The molecule has 1 fully saturated rings. The lowest BCUT2D eigenvalue weighted by Crippen LogP contribution is -2.45. The van der Waals surface area contributed by atoms with Crippen molar-refractivity contribution in [2.45, 2.75) is 23.8 Å². The molecule has 0 spiro atoms. The molecule has 1 saturated heterocycles. The van der Waals surface area contributed by atoms with Gasteiger partial charge in [0.25, 0.3) is 0 Å². The summed E-state index contributed by atoms with van der Waals surface area (Å²) in [6, 6.07) is 4.86. The minimum atomic E-state index is -3.56. The molecule has 2 rings (SSSR count). The van der Waals surface area contributed by atoms with Crippen LogP contribution in [0.3, 0.4) is 0 Å². The van der Waals surface area contributed by atoms with Crippen molar-refractivity contribution in [3.63, 3.8) is 0 Å². The zero-order valence-corrected chi connectivity index (χ0v) is 14.3. The molecule has 1 aliphatic heterocycles. The Labute approximate surface area is 134 Å². The van der Waals surface area contributed by atoms with Gasteiger partial charge < -0.3 is 10.5 Å². The fourth-order valence-electron chi connectivity index (χ4n) is 2.18. The van der Waals surface area contributed by atoms with Gasteiger partial charge in [-0.15, -0.1) is 12.4 Å². The lowest BCUT2D eigenvalue weighted by atomic mass is 10.1. The number of hydrogen-bond donors (Lipinski definition) is 1. The van der Waals surface area contributed by atoms with Gasteiger partial charge >= 0.3 is 0 Å². The first kappa shape index (κ1) is 17.7. The molecule has 0 aromatic heterocycles. The highest BCUT2D eigenvalue weighted by Crippen LogP contribution is 2.30. The van der Waals surface area contributed by atoms with E-state index < -0.39 is 10.0 Å². The molecule has 1 aromatic carbocycles. The number of halogens is 2. The van der Waals surface area contributed by atoms with Crippen molar-refractivity contribution in [3.05, 3.63) is 22.7 Å². The number of sulfonamides is 1. The van der Waals surface area contributed by atoms with Gasteiger partial charge in [-0.2, -0.15) is 4.31 Å². The van der Waals surface area contributed by atoms with E-state index in [2.05, 4.69) is 15.9 Å². The number of piperidine rings is 1. The normalized spacial score (nSPS) is 20.2. The van der Waals surface area contributed by atoms with Crippen molar-refractivity contribution < 1.29 is 13.2 Å². The van der Waals surface area contributed by atoms with Crippen molar-refractivity contribution >= 4 is 38.4 Å². The molecule has 2 N–H and O–H groups in total. The summed E-state index contributed by atoms with van der Waals surface area (Å²) in [6.45, 7) is 0.865. The fraction of sp³-hybridized carbons (Fsp3) is 0.500. The van der Waals surface area contributed by atoms with Crippen LogP contribution < -0.4 is 10.5 Å². The molecule has 0 saturated carbocycles. The number of nitrogens with two attached hydrogens (primary N) is 1. The predicted molar refractivity (Wildman–Crippen MR) is 83.9 cm³/mol. The maximum atomic E-state index is 12.6. The third kappa shape index (κ3) is 3.65. The standard InChI is InChI=1S/C12H17BrN2O3S.ClH/c1-18-11-5-4-9(13)7-12(11)19(16,17)15-6-2-3-10(14)8-15;/h4-5,7,10H,2-3,6,8,14H2,1H3;1H/t10-;/m1./s1. The van der Waals surface area contributed by atoms with Crippen LogP contribution in [0.15, 0.2) is 27.6 Å². The van der Waals surface area contributed by atoms with Crippen molar-refractivity contribution in [3.8, 4) is 5.75 Å². The third-order valence-corrected chi connectivity index (χ3v) is 5.54. The van der Waals surface area contributed by atoms with Crippen LogP contribution in [-0.2, 0) is 10.0 Å². The van der Waals surface area contributed by atoms with Crippen LogP contribution in [-0.4, -0.2) is 39.0 Å². The molecule has 5 nitrogen and oxygen atoms in total. The first-order valence-electron chi connectivity index (χ1n) is 6.04. The van der Waals surface area contributed by atoms with Gasteiger partial charge in [0, 0.05) is 23.6 Å². The first-order valence-corrected chi connectivity index (χ1v) is 8.27. The van der Waals surface area contributed by atoms with Crippen molar-refractivity contribution in [1.82, 2.24) is 4.31 Å². The summed E-state index contributed by atoms with van der Waals surface area (Å²) in [4.78, 5) is 0.179. The molecule has 114 valence electrons. The largest absolute Gasteiger partial charge is 0.495 e. The van der Waals surface area contributed by atoms with E-state index in [1.165, 1.54) is 11.4 Å². The molecular formula is C12H18BrClN2O3S. The van der Waals surface area contributed by atoms with Gasteiger partial charge in [-0.25, -0.2) is 8.42 Å². The molecule has 20 heavy (non-hydrogen) atoms. The molecule has 8 heteroatoms. The summed E-state index contributed by atoms with van der Waals surface area (Å²) in [7, 11) is -2.10. The van der Waals surface area contributed by atoms with Crippen LogP contribution >= 0.6 is 28.3 Å². The summed E-state index contributed by atoms with van der Waals surface area (Å²) in [5.41, 5.74) is 5.85. The number of hydrogen-bond acceptors (Lipinski definition) is 4. The maximum Gasteiger partial charge on any atom is 0.246 e. The molecule has 1 heterocycles. The van der Waals surface area contributed by atoms with Crippen molar-refractivity contribution in [1.29, 1.82) is 0 Å². The second-order valence-corrected chi connectivity index (χ2v) is 7.38. The van der Waals surface area contributed by atoms with Crippen LogP contribution in [0.5, 0.6) is 5.75 Å². The lowest BCUT2D eigenvalue weighted by Gasteiger charge is -2.30. The van der Waals surface area contributed by atoms with E-state index in [1.807, 2.05) is 0 Å². The zero-order chi connectivity index (χ0) is 14.0. The minimum absolute atomic E-state index is 0. The summed E-state index contributed by atoms with van der Waals surface area (Å²) in [5, 5.41) is 0. The van der Waals surface area contributed by atoms with E-state index in [1.54, 1.807) is 18.2 Å². The Morgan fingerprint density at radius 2 is 2.15 bits per heavy atom. The molecule has 0 bridgehead atoms. The van der Waals surface area contributed by atoms with E-state index >= 15 is 0 Å². The van der Waals surface area contributed by atoms with Gasteiger partial charge in [0.1, 0.15) is 10.6 Å². The third-order valence-electron chi connectivity index (χ3n) is 3.16. The second-order valence-electron chi connectivity index (χ2n) is 4.56. The first-order chi connectivity index (χ1) is 8.95. The number of ether oxygens (including phenoxy) is 1. The number of benzene rings is 1. The maximum absolute atomic E-state index is 12.6. The van der Waals surface area contributed by atoms with Gasteiger partial charge in [0.15, 0.2) is 0 Å². The van der Waals surface area contributed by atoms with Gasteiger partial charge in [-0.3, -0.25) is 0 Å². The summed E-state index contributed by atoms with van der Waals surface area (Å²) in [6.07, 6.45) is 1.65. The highest BCUT2D eigenvalue weighted by atomic mass is 79.9. The average Bonchev–Trinajstić information content (AvgIpc) is 2.38. The van der Waals surface area contributed by atoms with Gasteiger partial charge in [0.2, 0.25) is 10.0 Å². The summed E-state index contributed by atoms with van der Waals surface area (Å²) in [5.74, 6) is 0.349. The second kappa shape index (κ2) is 7.09. The molecule has 1 aromatic rings. The van der Waals surface area contributed by atoms with Crippen LogP contribution in [0.2, 0.25) is 0 Å². The van der Waals surface area contributed by atoms with E-state index in [9.17, 15) is 8.42 Å². The Balaban J connectivity index is 0.00000200. The fourth-order valence-corrected chi connectivity index (χ4v) is 4.41. The summed E-state index contributed by atoms with van der Waals surface area (Å²) < 4.78 is 32.6. The lowest BCUT2D eigenvalue weighted by molar-refractivity contribution is 0.314. The van der Waals surface area contributed by atoms with E-state index in [0.29, 0.717) is 23.3 Å². The van der Waals surface area contributed by atoms with Gasteiger partial charge in [-0.05, 0) is 31.0 Å². The highest BCUT2D eigenvalue weighted by Gasteiger charge is 2.31. The van der Waals surface area contributed by atoms with E-state index in [-0.39, 0.29) is 23.3 Å². The Bertz CT molecular complexity index is 568. The van der Waals surface area contributed by atoms with E-state index in [0.717, 1.165) is 12.8 Å². The number of methoxy groups -OCH3 is 1. The zero-order valence-electron chi connectivity index (χ0n) is 11.1. The van der Waals surface area contributed by atoms with Gasteiger partial charge in [0.05, 0.1) is 7.11 Å². The monoisotopic (exact) mass is 384 g/mol. The minimum Gasteiger partial charge on any atom is -0.495 e. The predicted octanol–water partition coefficient (Wildman–Crippen LogP) is 1.99. The Hall–Kier alpha value is -0.340. The molecule has 1 atom stereocenters. The molecule has 0 unspecified atom stereocenters. The number of rotatable bonds is 3. The van der Waals surface area contributed by atoms with Crippen LogP contribution in [0.25, 0.3) is 0 Å². The molecule has 1 aliphatic rings. The Morgan fingerprint density at radius 1 is 1.45 bits per heavy atom. The average molecular weight is 386 g/mol. The molecular weight excluding hydrogens is 368 g/mol. The van der Waals surface area contributed by atoms with Crippen LogP contribution in [0.4, 0.5) is 0 Å². The smallest absolute Gasteiger partial charge is 0.246 e. The summed E-state index contributed by atoms with van der Waals surface area (Å²) >= 11 is 3.29. The Kier molecular flexibility index (Phi) is 6.27. The van der Waals surface area contributed by atoms with Crippen LogP contribution in [0.1, 0.15) is 12.8 Å². The topological polar surface area (TPSA) is 72.6 Å². The van der Waals surface area contributed by atoms with Crippen molar-refractivity contribution in [2.24, 2.45) is 5.73 Å². The molecule has 0 amide bonds. The molecule has 0 radical (unpaired) electrons.